The SMILES string of the molecule is CNC(=O)N(CCC1CCC(C)N1C)CC(C=O)NC(=O)OC(C)(C)C. The number of amides is 3. The number of urea groups is 1. The van der Waals surface area contributed by atoms with Crippen molar-refractivity contribution in [2.45, 2.75) is 70.7 Å². The van der Waals surface area contributed by atoms with Gasteiger partial charge >= 0.3 is 12.1 Å². The van der Waals surface area contributed by atoms with Gasteiger partial charge in [-0.2, -0.15) is 0 Å². The number of nitrogens with zero attached hydrogens (tertiary/aromatic N) is 2. The van der Waals surface area contributed by atoms with Crippen molar-refractivity contribution in [2.24, 2.45) is 0 Å². The van der Waals surface area contributed by atoms with Gasteiger partial charge in [-0.3, -0.25) is 0 Å². The molecule has 3 amide bonds. The molecule has 8 nitrogen and oxygen atoms in total. The minimum atomic E-state index is -0.817. The van der Waals surface area contributed by atoms with Crippen LogP contribution in [0.25, 0.3) is 0 Å². The smallest absolute Gasteiger partial charge is 0.408 e. The summed E-state index contributed by atoms with van der Waals surface area (Å²) < 4.78 is 5.17. The number of likely N-dealkylation sites (tertiary alicyclic amines) is 1. The maximum atomic E-state index is 12.2. The molecule has 0 bridgehead atoms. The fourth-order valence-electron chi connectivity index (χ4n) is 3.11. The molecule has 1 rings (SSSR count). The summed E-state index contributed by atoms with van der Waals surface area (Å²) in [6, 6.07) is -0.116. The molecule has 1 heterocycles. The van der Waals surface area contributed by atoms with E-state index in [1.54, 1.807) is 32.7 Å². The lowest BCUT2D eigenvalue weighted by Crippen LogP contribution is -2.50. The molecule has 2 N–H and O–H groups in total. The zero-order chi connectivity index (χ0) is 19.9. The summed E-state index contributed by atoms with van der Waals surface area (Å²) in [6.07, 6.45) is 3.04. The number of ether oxygens (including phenoxy) is 1. The van der Waals surface area contributed by atoms with Gasteiger partial charge in [-0.05, 0) is 54.0 Å². The van der Waals surface area contributed by atoms with E-state index in [2.05, 4.69) is 29.5 Å². The molecular weight excluding hydrogens is 336 g/mol. The molecule has 8 heteroatoms. The molecule has 0 aromatic rings. The molecular formula is C18H34N4O4. The lowest BCUT2D eigenvalue weighted by atomic mass is 10.1. The van der Waals surface area contributed by atoms with Crippen molar-refractivity contribution in [1.29, 1.82) is 0 Å². The number of nitrogens with one attached hydrogen (secondary N) is 2. The molecule has 3 atom stereocenters. The average molecular weight is 370 g/mol. The van der Waals surface area contributed by atoms with Crippen molar-refractivity contribution in [3.63, 3.8) is 0 Å². The van der Waals surface area contributed by atoms with Gasteiger partial charge in [-0.15, -0.1) is 0 Å². The number of alkyl carbamates (subject to hydrolysis) is 1. The Bertz CT molecular complexity index is 492. The van der Waals surface area contributed by atoms with Crippen LogP contribution in [0.15, 0.2) is 0 Å². The van der Waals surface area contributed by atoms with E-state index in [-0.39, 0.29) is 12.6 Å². The van der Waals surface area contributed by atoms with Gasteiger partial charge in [-0.25, -0.2) is 9.59 Å². The van der Waals surface area contributed by atoms with Crippen molar-refractivity contribution in [1.82, 2.24) is 20.4 Å². The second-order valence-electron chi connectivity index (χ2n) is 7.92. The lowest BCUT2D eigenvalue weighted by molar-refractivity contribution is -0.109. The molecule has 26 heavy (non-hydrogen) atoms. The highest BCUT2D eigenvalue weighted by Gasteiger charge is 2.29. The Kier molecular flexibility index (Phi) is 8.33. The molecule has 0 saturated carbocycles. The Balaban J connectivity index is 2.62. The summed E-state index contributed by atoms with van der Waals surface area (Å²) in [5.74, 6) is 0. The van der Waals surface area contributed by atoms with Crippen LogP contribution >= 0.6 is 0 Å². The first-order valence-electron chi connectivity index (χ1n) is 9.20. The fourth-order valence-corrected chi connectivity index (χ4v) is 3.11. The van der Waals surface area contributed by atoms with E-state index in [0.29, 0.717) is 24.9 Å². The molecule has 1 saturated heterocycles. The van der Waals surface area contributed by atoms with E-state index in [1.807, 2.05) is 0 Å². The van der Waals surface area contributed by atoms with E-state index < -0.39 is 17.7 Å². The number of rotatable bonds is 7. The third-order valence-corrected chi connectivity index (χ3v) is 4.71. The number of aldehydes is 1. The Labute approximate surface area is 156 Å². The van der Waals surface area contributed by atoms with Crippen LogP contribution in [0.2, 0.25) is 0 Å². The minimum absolute atomic E-state index is 0.106. The van der Waals surface area contributed by atoms with Crippen LogP contribution in [0.5, 0.6) is 0 Å². The molecule has 0 aromatic heterocycles. The summed E-state index contributed by atoms with van der Waals surface area (Å²) in [4.78, 5) is 39.3. The van der Waals surface area contributed by atoms with Gasteiger partial charge in [0.05, 0.1) is 0 Å². The van der Waals surface area contributed by atoms with Gasteiger partial charge in [0.1, 0.15) is 17.9 Å². The van der Waals surface area contributed by atoms with Crippen molar-refractivity contribution in [3.05, 3.63) is 0 Å². The van der Waals surface area contributed by atoms with Gasteiger partial charge < -0.3 is 30.0 Å². The largest absolute Gasteiger partial charge is 0.444 e. The molecule has 1 fully saturated rings. The van der Waals surface area contributed by atoms with Gasteiger partial charge in [-0.1, -0.05) is 0 Å². The van der Waals surface area contributed by atoms with E-state index >= 15 is 0 Å². The predicted octanol–water partition coefficient (Wildman–Crippen LogP) is 1.59. The summed E-state index contributed by atoms with van der Waals surface area (Å²) in [5.41, 5.74) is -0.651. The van der Waals surface area contributed by atoms with Crippen LogP contribution in [0.4, 0.5) is 9.59 Å². The fraction of sp³-hybridized carbons (Fsp3) is 0.833. The van der Waals surface area contributed by atoms with Crippen LogP contribution in [-0.4, -0.2) is 79.1 Å². The molecule has 0 aliphatic carbocycles. The third kappa shape index (κ3) is 7.19. The number of hydrogen-bond donors (Lipinski definition) is 2. The summed E-state index contributed by atoms with van der Waals surface area (Å²) in [6.45, 7) is 8.06. The zero-order valence-corrected chi connectivity index (χ0v) is 16.9. The van der Waals surface area contributed by atoms with Gasteiger partial charge in [0, 0.05) is 32.2 Å². The Morgan fingerprint density at radius 2 is 2.00 bits per heavy atom. The number of carbonyl (C=O) groups excluding carboxylic acids is 3. The summed E-state index contributed by atoms with van der Waals surface area (Å²) in [7, 11) is 3.65. The first kappa shape index (κ1) is 22.2. The van der Waals surface area contributed by atoms with E-state index in [1.165, 1.54) is 0 Å². The predicted molar refractivity (Wildman–Crippen MR) is 100 cm³/mol. The van der Waals surface area contributed by atoms with Crippen molar-refractivity contribution in [2.75, 3.05) is 27.2 Å². The van der Waals surface area contributed by atoms with E-state index in [9.17, 15) is 14.4 Å². The van der Waals surface area contributed by atoms with E-state index in [0.717, 1.165) is 19.3 Å². The van der Waals surface area contributed by atoms with Gasteiger partial charge in [0.2, 0.25) is 0 Å². The third-order valence-electron chi connectivity index (χ3n) is 4.71. The second-order valence-corrected chi connectivity index (χ2v) is 7.92. The minimum Gasteiger partial charge on any atom is -0.444 e. The molecule has 3 unspecified atom stereocenters. The van der Waals surface area contributed by atoms with Crippen LogP contribution in [-0.2, 0) is 9.53 Å². The molecule has 0 radical (unpaired) electrons. The molecule has 1 aliphatic heterocycles. The zero-order valence-electron chi connectivity index (χ0n) is 16.9. The maximum Gasteiger partial charge on any atom is 0.408 e. The van der Waals surface area contributed by atoms with Crippen LogP contribution in [0.3, 0.4) is 0 Å². The highest BCUT2D eigenvalue weighted by molar-refractivity contribution is 5.76. The summed E-state index contributed by atoms with van der Waals surface area (Å²) >= 11 is 0. The van der Waals surface area contributed by atoms with Crippen LogP contribution in [0, 0.1) is 0 Å². The molecule has 1 aliphatic rings. The second kappa shape index (κ2) is 9.75. The van der Waals surface area contributed by atoms with E-state index in [4.69, 9.17) is 4.74 Å². The Morgan fingerprint density at radius 3 is 2.46 bits per heavy atom. The monoisotopic (exact) mass is 370 g/mol. The number of carbonyl (C=O) groups is 3. The number of hydrogen-bond acceptors (Lipinski definition) is 5. The maximum absolute atomic E-state index is 12.2. The standard InChI is InChI=1S/C18H34N4O4/c1-13-7-8-15(21(13)6)9-10-22(16(24)19-5)11-14(12-23)20-17(25)26-18(2,3)4/h12-15H,7-11H2,1-6H3,(H,19,24)(H,20,25). The van der Waals surface area contributed by atoms with Gasteiger partial charge in [0.15, 0.2) is 0 Å². The highest BCUT2D eigenvalue weighted by atomic mass is 16.6. The average Bonchev–Trinajstić information content (AvgIpc) is 2.86. The molecule has 0 aromatic carbocycles. The quantitative estimate of drug-likeness (QED) is 0.664. The first-order valence-corrected chi connectivity index (χ1v) is 9.20. The Hall–Kier alpha value is -1.83. The molecule has 150 valence electrons. The van der Waals surface area contributed by atoms with Crippen LogP contribution < -0.4 is 10.6 Å². The normalized spacial score (nSPS) is 21.8. The first-order chi connectivity index (χ1) is 12.1. The van der Waals surface area contributed by atoms with Crippen molar-refractivity contribution >= 4 is 18.4 Å². The topological polar surface area (TPSA) is 91.0 Å². The summed E-state index contributed by atoms with van der Waals surface area (Å²) in [5, 5.41) is 5.11. The van der Waals surface area contributed by atoms with Gasteiger partial charge in [0.25, 0.3) is 0 Å². The highest BCUT2D eigenvalue weighted by Crippen LogP contribution is 2.24. The Morgan fingerprint density at radius 1 is 1.35 bits per heavy atom. The molecule has 0 spiro atoms. The van der Waals surface area contributed by atoms with Crippen molar-refractivity contribution < 1.29 is 19.1 Å². The lowest BCUT2D eigenvalue weighted by Gasteiger charge is -2.29. The van der Waals surface area contributed by atoms with Crippen molar-refractivity contribution in [3.8, 4) is 0 Å². The van der Waals surface area contributed by atoms with Crippen LogP contribution in [0.1, 0.15) is 47.0 Å².